The Hall–Kier alpha value is -2.93. The first-order valence-corrected chi connectivity index (χ1v) is 12.3. The zero-order valence-electron chi connectivity index (χ0n) is 19.6. The molecule has 7 heteroatoms. The summed E-state index contributed by atoms with van der Waals surface area (Å²) in [6.45, 7) is 8.42. The van der Waals surface area contributed by atoms with E-state index >= 15 is 0 Å². The number of nitrogens with zero attached hydrogens (tertiary/aromatic N) is 5. The number of rotatable bonds is 7. The van der Waals surface area contributed by atoms with Crippen molar-refractivity contribution in [2.24, 2.45) is 0 Å². The smallest absolute Gasteiger partial charge is 0.354 e. The third-order valence-corrected chi connectivity index (χ3v) is 7.49. The second-order valence-corrected chi connectivity index (χ2v) is 9.23. The van der Waals surface area contributed by atoms with Crippen LogP contribution in [0.4, 0.5) is 5.69 Å². The predicted octanol–water partition coefficient (Wildman–Crippen LogP) is 4.70. The van der Waals surface area contributed by atoms with Crippen molar-refractivity contribution in [3.05, 3.63) is 47.8 Å². The third kappa shape index (κ3) is 3.99. The molecule has 1 aliphatic carbocycles. The first kappa shape index (κ1) is 21.9. The molecular formula is C26H33N5O2. The van der Waals surface area contributed by atoms with Crippen molar-refractivity contribution in [1.82, 2.24) is 19.7 Å². The average Bonchev–Trinajstić information content (AvgIpc) is 3.18. The van der Waals surface area contributed by atoms with Crippen LogP contribution in [0.5, 0.6) is 0 Å². The molecule has 0 atom stereocenters. The van der Waals surface area contributed by atoms with Gasteiger partial charge in [-0.3, -0.25) is 0 Å². The van der Waals surface area contributed by atoms with Gasteiger partial charge in [0, 0.05) is 25.0 Å². The molecule has 1 aromatic carbocycles. The summed E-state index contributed by atoms with van der Waals surface area (Å²) >= 11 is 0. The second kappa shape index (κ2) is 9.14. The fraction of sp³-hybridized carbons (Fsp3) is 0.500. The molecule has 1 saturated carbocycles. The van der Waals surface area contributed by atoms with E-state index in [1.807, 2.05) is 35.0 Å². The molecule has 0 amide bonds. The van der Waals surface area contributed by atoms with Crippen LogP contribution in [0.15, 0.2) is 36.4 Å². The Morgan fingerprint density at radius 2 is 1.79 bits per heavy atom. The van der Waals surface area contributed by atoms with Crippen molar-refractivity contribution in [3.8, 4) is 5.69 Å². The van der Waals surface area contributed by atoms with E-state index in [-0.39, 0.29) is 5.69 Å². The third-order valence-electron chi connectivity index (χ3n) is 7.49. The van der Waals surface area contributed by atoms with E-state index in [0.29, 0.717) is 17.6 Å². The molecule has 0 radical (unpaired) electrons. The van der Waals surface area contributed by atoms with Crippen LogP contribution in [0.25, 0.3) is 16.7 Å². The molecule has 2 aromatic heterocycles. The lowest BCUT2D eigenvalue weighted by molar-refractivity contribution is 0.0691. The molecule has 3 heterocycles. The van der Waals surface area contributed by atoms with E-state index in [1.165, 1.54) is 6.42 Å². The van der Waals surface area contributed by atoms with Gasteiger partial charge in [-0.15, -0.1) is 0 Å². The summed E-state index contributed by atoms with van der Waals surface area (Å²) < 4.78 is 1.85. The highest BCUT2D eigenvalue weighted by atomic mass is 16.4. The van der Waals surface area contributed by atoms with Gasteiger partial charge in [0.2, 0.25) is 0 Å². The molecule has 3 aromatic rings. The summed E-state index contributed by atoms with van der Waals surface area (Å²) in [4.78, 5) is 21.5. The fourth-order valence-electron chi connectivity index (χ4n) is 5.41. The molecule has 0 unspecified atom stereocenters. The summed E-state index contributed by atoms with van der Waals surface area (Å²) in [6.07, 6.45) is 5.64. The van der Waals surface area contributed by atoms with Crippen molar-refractivity contribution < 1.29 is 9.90 Å². The van der Waals surface area contributed by atoms with Crippen LogP contribution in [-0.2, 0) is 0 Å². The summed E-state index contributed by atoms with van der Waals surface area (Å²) in [5.74, 6) is -0.580. The quantitative estimate of drug-likeness (QED) is 0.566. The lowest BCUT2D eigenvalue weighted by Crippen LogP contribution is -2.45. The van der Waals surface area contributed by atoms with Gasteiger partial charge in [0.1, 0.15) is 0 Å². The molecule has 1 aliphatic heterocycles. The number of carboxylic acids is 1. The molecule has 7 nitrogen and oxygen atoms in total. The largest absolute Gasteiger partial charge is 0.477 e. The van der Waals surface area contributed by atoms with E-state index in [2.05, 4.69) is 28.6 Å². The van der Waals surface area contributed by atoms with Gasteiger partial charge in [-0.05, 0) is 57.0 Å². The maximum absolute atomic E-state index is 12.0. The standard InChI is InChI=1S/C26H33N5O2/c1-3-29(4-2)19-13-15-30(16-14-19)22-17-21(26(32)33)27-25-23(22)24(18-9-8-10-18)28-31(25)20-11-6-5-7-12-20/h5-7,11-12,17-19H,3-4,8-10,13-16H2,1-2H3,(H,32,33). The molecule has 33 heavy (non-hydrogen) atoms. The molecule has 2 fully saturated rings. The summed E-state index contributed by atoms with van der Waals surface area (Å²) in [5, 5.41) is 15.9. The van der Waals surface area contributed by atoms with Crippen LogP contribution in [0, 0.1) is 0 Å². The minimum atomic E-state index is -0.998. The van der Waals surface area contributed by atoms with Gasteiger partial charge in [-0.2, -0.15) is 5.10 Å². The number of carboxylic acid groups (broad SMARTS) is 1. The van der Waals surface area contributed by atoms with E-state index in [1.54, 1.807) is 6.07 Å². The monoisotopic (exact) mass is 447 g/mol. The van der Waals surface area contributed by atoms with Crippen LogP contribution < -0.4 is 4.90 Å². The van der Waals surface area contributed by atoms with Crippen LogP contribution in [0.3, 0.4) is 0 Å². The van der Waals surface area contributed by atoms with Crippen molar-refractivity contribution >= 4 is 22.7 Å². The SMILES string of the molecule is CCN(CC)C1CCN(c2cc(C(=O)O)nc3c2c(C2CCC2)nn3-c2ccccc2)CC1. The summed E-state index contributed by atoms with van der Waals surface area (Å²) in [5.41, 5.74) is 3.71. The predicted molar refractivity (Wildman–Crippen MR) is 131 cm³/mol. The van der Waals surface area contributed by atoms with E-state index < -0.39 is 5.97 Å². The first-order valence-electron chi connectivity index (χ1n) is 12.3. The Kier molecular flexibility index (Phi) is 6.06. The number of benzene rings is 1. The average molecular weight is 448 g/mol. The number of aromatic nitrogens is 3. The lowest BCUT2D eigenvalue weighted by Gasteiger charge is -2.39. The van der Waals surface area contributed by atoms with Crippen molar-refractivity contribution in [2.75, 3.05) is 31.1 Å². The number of fused-ring (bicyclic) bond motifs is 1. The van der Waals surface area contributed by atoms with Crippen LogP contribution in [0.1, 0.15) is 68.1 Å². The number of para-hydroxylation sites is 1. The number of pyridine rings is 1. The van der Waals surface area contributed by atoms with Gasteiger partial charge >= 0.3 is 5.97 Å². The second-order valence-electron chi connectivity index (χ2n) is 9.23. The lowest BCUT2D eigenvalue weighted by atomic mass is 9.82. The molecule has 1 saturated heterocycles. The zero-order valence-corrected chi connectivity index (χ0v) is 19.6. The Bertz CT molecular complexity index is 1130. The molecule has 174 valence electrons. The van der Waals surface area contributed by atoms with Gasteiger partial charge in [0.15, 0.2) is 11.3 Å². The number of hydrogen-bond donors (Lipinski definition) is 1. The minimum absolute atomic E-state index is 0.0839. The molecule has 2 aliphatic rings. The van der Waals surface area contributed by atoms with Gasteiger partial charge in [-0.1, -0.05) is 38.5 Å². The number of aromatic carboxylic acids is 1. The van der Waals surface area contributed by atoms with Crippen molar-refractivity contribution in [3.63, 3.8) is 0 Å². The van der Waals surface area contributed by atoms with Crippen LogP contribution in [-0.4, -0.2) is 63.0 Å². The van der Waals surface area contributed by atoms with Crippen molar-refractivity contribution in [2.45, 2.75) is 57.9 Å². The molecule has 0 bridgehead atoms. The minimum Gasteiger partial charge on any atom is -0.477 e. The van der Waals surface area contributed by atoms with Gasteiger partial charge < -0.3 is 14.9 Å². The number of piperidine rings is 1. The highest BCUT2D eigenvalue weighted by molar-refractivity contribution is 5.98. The van der Waals surface area contributed by atoms with Crippen molar-refractivity contribution in [1.29, 1.82) is 0 Å². The Morgan fingerprint density at radius 1 is 1.09 bits per heavy atom. The van der Waals surface area contributed by atoms with Crippen LogP contribution in [0.2, 0.25) is 0 Å². The Labute approximate surface area is 195 Å². The number of anilines is 1. The van der Waals surface area contributed by atoms with Gasteiger partial charge in [0.05, 0.1) is 22.5 Å². The topological polar surface area (TPSA) is 74.5 Å². The van der Waals surface area contributed by atoms with E-state index in [4.69, 9.17) is 5.10 Å². The first-order chi connectivity index (χ1) is 16.1. The highest BCUT2D eigenvalue weighted by Gasteiger charge is 2.32. The van der Waals surface area contributed by atoms with E-state index in [0.717, 1.165) is 74.3 Å². The summed E-state index contributed by atoms with van der Waals surface area (Å²) in [6, 6.07) is 12.3. The molecule has 1 N–H and O–H groups in total. The van der Waals surface area contributed by atoms with Gasteiger partial charge in [0.25, 0.3) is 0 Å². The number of hydrogen-bond acceptors (Lipinski definition) is 5. The molecule has 0 spiro atoms. The molecule has 5 rings (SSSR count). The molecular weight excluding hydrogens is 414 g/mol. The highest BCUT2D eigenvalue weighted by Crippen LogP contribution is 2.43. The van der Waals surface area contributed by atoms with E-state index in [9.17, 15) is 9.90 Å². The maximum Gasteiger partial charge on any atom is 0.354 e. The maximum atomic E-state index is 12.0. The van der Waals surface area contributed by atoms with Crippen LogP contribution >= 0.6 is 0 Å². The Balaban J connectivity index is 1.62. The van der Waals surface area contributed by atoms with Gasteiger partial charge in [-0.25, -0.2) is 14.5 Å². The number of carbonyl (C=O) groups is 1. The Morgan fingerprint density at radius 3 is 2.36 bits per heavy atom. The zero-order chi connectivity index (χ0) is 22.9. The normalized spacial score (nSPS) is 17.6. The fourth-order valence-corrected chi connectivity index (χ4v) is 5.41. The summed E-state index contributed by atoms with van der Waals surface area (Å²) in [7, 11) is 0.